The van der Waals surface area contributed by atoms with Crippen LogP contribution in [0.2, 0.25) is 0 Å². The lowest BCUT2D eigenvalue weighted by atomic mass is 10.0. The Morgan fingerprint density at radius 3 is 2.20 bits per heavy atom. The van der Waals surface area contributed by atoms with Crippen LogP contribution in [0.3, 0.4) is 0 Å². The van der Waals surface area contributed by atoms with Gasteiger partial charge in [0.15, 0.2) is 0 Å². The molecule has 90 valence electrons. The average Bonchev–Trinajstić information content (AvgIpc) is 1.97. The highest BCUT2D eigenvalue weighted by Crippen LogP contribution is 2.17. The molecule has 0 unspecified atom stereocenters. The first-order valence-electron chi connectivity index (χ1n) is 5.29. The maximum absolute atomic E-state index is 11.5. The van der Waals surface area contributed by atoms with E-state index in [2.05, 4.69) is 0 Å². The molecule has 0 amide bonds. The molecule has 0 aliphatic carbocycles. The van der Waals surface area contributed by atoms with Crippen molar-refractivity contribution >= 4 is 5.97 Å². The van der Waals surface area contributed by atoms with Crippen LogP contribution in [0.1, 0.15) is 47.5 Å². The summed E-state index contributed by atoms with van der Waals surface area (Å²) < 4.78 is 5.02. The van der Waals surface area contributed by atoms with Gasteiger partial charge in [0, 0.05) is 6.42 Å². The van der Waals surface area contributed by atoms with E-state index in [1.165, 1.54) is 0 Å². The second-order valence-electron chi connectivity index (χ2n) is 5.36. The van der Waals surface area contributed by atoms with Gasteiger partial charge in [-0.1, -0.05) is 13.8 Å². The van der Waals surface area contributed by atoms with Gasteiger partial charge in [-0.25, -0.2) is 4.79 Å². The molecule has 0 heterocycles. The summed E-state index contributed by atoms with van der Waals surface area (Å²) in [5.41, 5.74) is 3.01. The molecule has 4 nitrogen and oxygen atoms in total. The minimum atomic E-state index is -1.86. The predicted molar refractivity (Wildman–Crippen MR) is 59.1 cm³/mol. The molecule has 0 aliphatic rings. The highest BCUT2D eigenvalue weighted by molar-refractivity contribution is 5.78. The summed E-state index contributed by atoms with van der Waals surface area (Å²) in [6.45, 7) is 9.23. The van der Waals surface area contributed by atoms with Crippen LogP contribution >= 0.6 is 0 Å². The maximum atomic E-state index is 11.5. The van der Waals surface area contributed by atoms with Crippen molar-refractivity contribution in [1.29, 1.82) is 0 Å². The van der Waals surface area contributed by atoms with Crippen molar-refractivity contribution < 1.29 is 14.6 Å². The molecule has 0 radical (unpaired) electrons. The van der Waals surface area contributed by atoms with Gasteiger partial charge in [0.2, 0.25) is 5.72 Å². The predicted octanol–water partition coefficient (Wildman–Crippen LogP) is 1.41. The number of carbonyl (C=O) groups is 1. The molecule has 0 saturated carbocycles. The normalized spacial score (nSPS) is 16.3. The first-order chi connectivity index (χ1) is 6.54. The van der Waals surface area contributed by atoms with Crippen LogP contribution in [0.4, 0.5) is 0 Å². The summed E-state index contributed by atoms with van der Waals surface area (Å²) in [6, 6.07) is 0. The van der Waals surface area contributed by atoms with Gasteiger partial charge in [0.25, 0.3) is 0 Å². The van der Waals surface area contributed by atoms with Crippen molar-refractivity contribution in [3.63, 3.8) is 0 Å². The fourth-order valence-electron chi connectivity index (χ4n) is 0.977. The van der Waals surface area contributed by atoms with Crippen LogP contribution in [-0.4, -0.2) is 22.4 Å². The fourth-order valence-corrected chi connectivity index (χ4v) is 0.977. The quantitative estimate of drug-likeness (QED) is 0.551. The molecule has 0 rings (SSSR count). The zero-order valence-corrected chi connectivity index (χ0v) is 10.3. The molecule has 0 fully saturated rings. The number of nitrogens with two attached hydrogens (primary N) is 1. The standard InChI is InChI=1S/C11H23NO3/c1-8(2)6-7-11(12,14)9(13)15-10(3,4)5/h8,14H,6-7,12H2,1-5H3/t11-/m1/s1. The Labute approximate surface area is 91.8 Å². The van der Waals surface area contributed by atoms with Gasteiger partial charge >= 0.3 is 5.97 Å². The van der Waals surface area contributed by atoms with Gasteiger partial charge in [-0.05, 0) is 33.1 Å². The molecule has 4 heteroatoms. The summed E-state index contributed by atoms with van der Waals surface area (Å²) in [7, 11) is 0. The van der Waals surface area contributed by atoms with Gasteiger partial charge in [-0.15, -0.1) is 0 Å². The highest BCUT2D eigenvalue weighted by atomic mass is 16.6. The van der Waals surface area contributed by atoms with Gasteiger partial charge in [-0.2, -0.15) is 0 Å². The molecular weight excluding hydrogens is 194 g/mol. The van der Waals surface area contributed by atoms with E-state index in [0.717, 1.165) is 0 Å². The monoisotopic (exact) mass is 217 g/mol. The number of carbonyl (C=O) groups excluding carboxylic acids is 1. The molecule has 0 aromatic rings. The fraction of sp³-hybridized carbons (Fsp3) is 0.909. The number of esters is 1. The third-order valence-corrected chi connectivity index (χ3v) is 1.86. The minimum absolute atomic E-state index is 0.222. The zero-order chi connectivity index (χ0) is 12.3. The summed E-state index contributed by atoms with van der Waals surface area (Å²) in [6.07, 6.45) is 0.909. The highest BCUT2D eigenvalue weighted by Gasteiger charge is 2.35. The third kappa shape index (κ3) is 6.47. The molecular formula is C11H23NO3. The van der Waals surface area contributed by atoms with Gasteiger partial charge in [0.05, 0.1) is 0 Å². The van der Waals surface area contributed by atoms with Crippen LogP contribution < -0.4 is 5.73 Å². The minimum Gasteiger partial charge on any atom is -0.457 e. The van der Waals surface area contributed by atoms with Crippen molar-refractivity contribution in [2.45, 2.75) is 58.8 Å². The Kier molecular flexibility index (Phi) is 4.74. The molecule has 15 heavy (non-hydrogen) atoms. The summed E-state index contributed by atoms with van der Waals surface area (Å²) in [4.78, 5) is 11.5. The first-order valence-corrected chi connectivity index (χ1v) is 5.29. The molecule has 0 aromatic heterocycles. The van der Waals surface area contributed by atoms with E-state index in [1.54, 1.807) is 20.8 Å². The summed E-state index contributed by atoms with van der Waals surface area (Å²) >= 11 is 0. The third-order valence-electron chi connectivity index (χ3n) is 1.86. The SMILES string of the molecule is CC(C)CC[C@@](N)(O)C(=O)OC(C)(C)C. The van der Waals surface area contributed by atoms with E-state index in [0.29, 0.717) is 12.3 Å². The Morgan fingerprint density at radius 1 is 1.40 bits per heavy atom. The maximum Gasteiger partial charge on any atom is 0.353 e. The molecule has 0 bridgehead atoms. The van der Waals surface area contributed by atoms with Crippen molar-refractivity contribution in [3.8, 4) is 0 Å². The van der Waals surface area contributed by atoms with E-state index in [1.807, 2.05) is 13.8 Å². The molecule has 0 aromatic carbocycles. The second-order valence-corrected chi connectivity index (χ2v) is 5.36. The smallest absolute Gasteiger partial charge is 0.353 e. The van der Waals surface area contributed by atoms with Crippen molar-refractivity contribution in [3.05, 3.63) is 0 Å². The largest absolute Gasteiger partial charge is 0.457 e. The number of hydrogen-bond acceptors (Lipinski definition) is 4. The molecule has 3 N–H and O–H groups in total. The van der Waals surface area contributed by atoms with Gasteiger partial charge < -0.3 is 9.84 Å². The Hall–Kier alpha value is -0.610. The number of rotatable bonds is 4. The Bertz CT molecular complexity index is 216. The summed E-state index contributed by atoms with van der Waals surface area (Å²) in [5.74, 6) is -0.363. The lowest BCUT2D eigenvalue weighted by Crippen LogP contribution is -2.51. The number of hydrogen-bond donors (Lipinski definition) is 2. The van der Waals surface area contributed by atoms with Crippen LogP contribution in [-0.2, 0) is 9.53 Å². The first kappa shape index (κ1) is 14.4. The number of aliphatic hydroxyl groups is 1. The van der Waals surface area contributed by atoms with E-state index >= 15 is 0 Å². The number of ether oxygens (including phenoxy) is 1. The molecule has 0 saturated heterocycles. The van der Waals surface area contributed by atoms with E-state index in [4.69, 9.17) is 10.5 Å². The van der Waals surface area contributed by atoms with E-state index in [-0.39, 0.29) is 6.42 Å². The van der Waals surface area contributed by atoms with E-state index in [9.17, 15) is 9.90 Å². The zero-order valence-electron chi connectivity index (χ0n) is 10.3. The topological polar surface area (TPSA) is 72.5 Å². The Morgan fingerprint density at radius 2 is 1.87 bits per heavy atom. The van der Waals surface area contributed by atoms with Crippen molar-refractivity contribution in [2.75, 3.05) is 0 Å². The van der Waals surface area contributed by atoms with Crippen molar-refractivity contribution in [2.24, 2.45) is 11.7 Å². The lowest BCUT2D eigenvalue weighted by molar-refractivity contribution is -0.177. The van der Waals surface area contributed by atoms with Crippen LogP contribution in [0, 0.1) is 5.92 Å². The van der Waals surface area contributed by atoms with Crippen LogP contribution in [0.15, 0.2) is 0 Å². The lowest BCUT2D eigenvalue weighted by Gasteiger charge is -2.27. The second kappa shape index (κ2) is 4.94. The molecule has 0 spiro atoms. The molecule has 0 aliphatic heterocycles. The van der Waals surface area contributed by atoms with Gasteiger partial charge in [-0.3, -0.25) is 5.73 Å². The van der Waals surface area contributed by atoms with Gasteiger partial charge in [0.1, 0.15) is 5.60 Å². The van der Waals surface area contributed by atoms with Crippen LogP contribution in [0.25, 0.3) is 0 Å². The molecule has 1 atom stereocenters. The van der Waals surface area contributed by atoms with Crippen LogP contribution in [0.5, 0.6) is 0 Å². The van der Waals surface area contributed by atoms with Crippen molar-refractivity contribution in [1.82, 2.24) is 0 Å². The Balaban J connectivity index is 4.26. The van der Waals surface area contributed by atoms with E-state index < -0.39 is 17.3 Å². The average molecular weight is 217 g/mol. The summed E-state index contributed by atoms with van der Waals surface area (Å²) in [5, 5.41) is 9.70.